The maximum Gasteiger partial charge on any atom is 0.242 e. The second kappa shape index (κ2) is 6.74. The molecule has 1 fully saturated rings. The van der Waals surface area contributed by atoms with Gasteiger partial charge >= 0.3 is 0 Å². The average Bonchev–Trinajstić information content (AvgIpc) is 2.87. The van der Waals surface area contributed by atoms with Crippen LogP contribution in [0.25, 0.3) is 0 Å². The first-order chi connectivity index (χ1) is 10.0. The summed E-state index contributed by atoms with van der Waals surface area (Å²) >= 11 is 0. The van der Waals surface area contributed by atoms with Gasteiger partial charge in [-0.1, -0.05) is 13.8 Å². The Morgan fingerprint density at radius 2 is 2.10 bits per heavy atom. The highest BCUT2D eigenvalue weighted by Gasteiger charge is 2.27. The van der Waals surface area contributed by atoms with Crippen LogP contribution in [0.2, 0.25) is 0 Å². The number of nitrogens with zero attached hydrogens (tertiary/aromatic N) is 3. The van der Waals surface area contributed by atoms with E-state index in [1.165, 1.54) is 0 Å². The van der Waals surface area contributed by atoms with E-state index in [4.69, 9.17) is 0 Å². The molecule has 116 valence electrons. The van der Waals surface area contributed by atoms with Gasteiger partial charge in [0.1, 0.15) is 0 Å². The maximum absolute atomic E-state index is 12.1. The van der Waals surface area contributed by atoms with Crippen LogP contribution in [0.4, 0.5) is 0 Å². The van der Waals surface area contributed by atoms with E-state index in [-0.39, 0.29) is 24.4 Å². The summed E-state index contributed by atoms with van der Waals surface area (Å²) in [5, 5.41) is 7.21. The van der Waals surface area contributed by atoms with Crippen LogP contribution >= 0.6 is 0 Å². The highest BCUT2D eigenvalue weighted by Crippen LogP contribution is 2.17. The summed E-state index contributed by atoms with van der Waals surface area (Å²) in [6, 6.07) is 2.26. The minimum atomic E-state index is -0.0988. The van der Waals surface area contributed by atoms with Gasteiger partial charge < -0.3 is 10.2 Å². The molecule has 0 saturated carbocycles. The topological polar surface area (TPSA) is 67.2 Å². The lowest BCUT2D eigenvalue weighted by molar-refractivity contribution is -0.132. The van der Waals surface area contributed by atoms with Crippen molar-refractivity contribution < 1.29 is 9.59 Å². The van der Waals surface area contributed by atoms with Crippen molar-refractivity contribution in [1.29, 1.82) is 0 Å². The summed E-state index contributed by atoms with van der Waals surface area (Å²) in [5.41, 5.74) is 0.872. The van der Waals surface area contributed by atoms with Crippen molar-refractivity contribution in [3.8, 4) is 0 Å². The van der Waals surface area contributed by atoms with Crippen LogP contribution in [0.3, 0.4) is 0 Å². The highest BCUT2D eigenvalue weighted by atomic mass is 16.2. The second-order valence-corrected chi connectivity index (χ2v) is 5.61. The van der Waals surface area contributed by atoms with Crippen LogP contribution in [0, 0.1) is 0 Å². The third kappa shape index (κ3) is 3.62. The molecule has 2 rings (SSSR count). The minimum Gasteiger partial charge on any atom is -0.347 e. The zero-order valence-corrected chi connectivity index (χ0v) is 13.0. The summed E-state index contributed by atoms with van der Waals surface area (Å²) in [6.45, 7) is 6.74. The molecule has 1 aromatic heterocycles. The van der Waals surface area contributed by atoms with E-state index < -0.39 is 0 Å². The predicted octanol–water partition coefficient (Wildman–Crippen LogP) is 1.48. The van der Waals surface area contributed by atoms with Gasteiger partial charge in [-0.3, -0.25) is 14.3 Å². The zero-order valence-electron chi connectivity index (χ0n) is 13.0. The summed E-state index contributed by atoms with van der Waals surface area (Å²) in [4.78, 5) is 25.3. The smallest absolute Gasteiger partial charge is 0.242 e. The number of hydrogen-bond acceptors (Lipinski definition) is 3. The molecule has 1 aliphatic rings. The van der Waals surface area contributed by atoms with Gasteiger partial charge in [-0.2, -0.15) is 5.10 Å². The highest BCUT2D eigenvalue weighted by molar-refractivity contribution is 5.87. The van der Waals surface area contributed by atoms with Gasteiger partial charge in [0.25, 0.3) is 0 Å². The van der Waals surface area contributed by atoms with E-state index in [1.54, 1.807) is 4.90 Å². The maximum atomic E-state index is 12.1. The van der Waals surface area contributed by atoms with E-state index >= 15 is 0 Å². The zero-order chi connectivity index (χ0) is 15.4. The molecule has 2 heterocycles. The van der Waals surface area contributed by atoms with E-state index in [0.29, 0.717) is 19.0 Å². The van der Waals surface area contributed by atoms with Gasteiger partial charge in [0.15, 0.2) is 0 Å². The molecule has 21 heavy (non-hydrogen) atoms. The van der Waals surface area contributed by atoms with Gasteiger partial charge in [-0.25, -0.2) is 0 Å². The molecule has 6 heteroatoms. The first-order valence-corrected chi connectivity index (χ1v) is 7.65. The van der Waals surface area contributed by atoms with Gasteiger partial charge in [0.05, 0.1) is 24.8 Å². The van der Waals surface area contributed by atoms with E-state index in [9.17, 15) is 9.59 Å². The van der Waals surface area contributed by atoms with Gasteiger partial charge in [-0.05, 0) is 25.8 Å². The number of amides is 2. The number of carbonyl (C=O) groups excluding carboxylic acids is 2. The van der Waals surface area contributed by atoms with Crippen LogP contribution < -0.4 is 5.32 Å². The summed E-state index contributed by atoms with van der Waals surface area (Å²) < 4.78 is 1.98. The Balaban J connectivity index is 2.09. The predicted molar refractivity (Wildman–Crippen MR) is 79.5 cm³/mol. The fourth-order valence-electron chi connectivity index (χ4n) is 2.72. The van der Waals surface area contributed by atoms with E-state index in [2.05, 4.69) is 24.3 Å². The molecule has 6 nitrogen and oxygen atoms in total. The Labute approximate surface area is 125 Å². The largest absolute Gasteiger partial charge is 0.347 e. The van der Waals surface area contributed by atoms with Crippen molar-refractivity contribution in [3.05, 3.63) is 18.0 Å². The molecule has 1 atom stereocenters. The van der Waals surface area contributed by atoms with E-state index in [1.807, 2.05) is 23.9 Å². The van der Waals surface area contributed by atoms with Crippen LogP contribution in [0.5, 0.6) is 0 Å². The Bertz CT molecular complexity index is 508. The summed E-state index contributed by atoms with van der Waals surface area (Å²) in [7, 11) is 0. The number of nitrogens with one attached hydrogen (secondary N) is 1. The van der Waals surface area contributed by atoms with Crippen molar-refractivity contribution in [2.75, 3.05) is 6.54 Å². The van der Waals surface area contributed by atoms with Crippen molar-refractivity contribution >= 4 is 11.8 Å². The minimum absolute atomic E-state index is 0.0505. The van der Waals surface area contributed by atoms with Crippen molar-refractivity contribution in [3.63, 3.8) is 0 Å². The molecule has 1 saturated heterocycles. The van der Waals surface area contributed by atoms with E-state index in [0.717, 1.165) is 18.5 Å². The molecule has 1 unspecified atom stereocenters. The second-order valence-electron chi connectivity index (χ2n) is 5.61. The molecule has 1 aromatic rings. The molecular weight excluding hydrogens is 268 g/mol. The van der Waals surface area contributed by atoms with Crippen molar-refractivity contribution in [2.24, 2.45) is 0 Å². The average molecular weight is 292 g/mol. The lowest BCUT2D eigenvalue weighted by atomic mass is 10.2. The SMILES string of the molecule is CCC(CC)n1ccc(CN2C(=O)CNC(=O)CC2C)n1. The summed E-state index contributed by atoms with van der Waals surface area (Å²) in [6.07, 6.45) is 4.40. The summed E-state index contributed by atoms with van der Waals surface area (Å²) in [5.74, 6) is -0.119. The third-order valence-electron chi connectivity index (χ3n) is 4.08. The lowest BCUT2D eigenvalue weighted by Gasteiger charge is -2.25. The molecular formula is C15H24N4O2. The monoisotopic (exact) mass is 292 g/mol. The van der Waals surface area contributed by atoms with Crippen LogP contribution in [0.1, 0.15) is 51.8 Å². The lowest BCUT2D eigenvalue weighted by Crippen LogP contribution is -2.39. The van der Waals surface area contributed by atoms with Crippen LogP contribution in [0.15, 0.2) is 12.3 Å². The van der Waals surface area contributed by atoms with Crippen LogP contribution in [-0.2, 0) is 16.1 Å². The van der Waals surface area contributed by atoms with Crippen LogP contribution in [-0.4, -0.2) is 39.1 Å². The number of hydrogen-bond donors (Lipinski definition) is 1. The molecule has 2 amide bonds. The normalized spacial score (nSPS) is 19.8. The number of rotatable bonds is 5. The fourth-order valence-corrected chi connectivity index (χ4v) is 2.72. The Hall–Kier alpha value is -1.85. The van der Waals surface area contributed by atoms with Gasteiger partial charge in [0.2, 0.25) is 11.8 Å². The molecule has 0 aliphatic carbocycles. The first kappa shape index (κ1) is 15.5. The fraction of sp³-hybridized carbons (Fsp3) is 0.667. The number of aromatic nitrogens is 2. The molecule has 0 radical (unpaired) electrons. The number of carbonyl (C=O) groups is 2. The molecule has 0 bridgehead atoms. The molecule has 0 spiro atoms. The van der Waals surface area contributed by atoms with Crippen molar-refractivity contribution in [2.45, 2.75) is 58.7 Å². The standard InChI is InChI=1S/C15H24N4O2/c1-4-13(5-2)19-7-6-12(17-19)10-18-11(3)8-14(20)16-9-15(18)21/h6-7,11,13H,4-5,8-10H2,1-3H3,(H,16,20). The first-order valence-electron chi connectivity index (χ1n) is 7.65. The van der Waals surface area contributed by atoms with Gasteiger partial charge in [-0.15, -0.1) is 0 Å². The molecule has 0 aromatic carbocycles. The third-order valence-corrected chi connectivity index (χ3v) is 4.08. The quantitative estimate of drug-likeness (QED) is 0.894. The Morgan fingerprint density at radius 1 is 1.38 bits per heavy atom. The Kier molecular flexibility index (Phi) is 4.98. The Morgan fingerprint density at radius 3 is 2.76 bits per heavy atom. The molecule has 1 N–H and O–H groups in total. The van der Waals surface area contributed by atoms with Gasteiger partial charge in [0, 0.05) is 18.7 Å². The van der Waals surface area contributed by atoms with Crippen molar-refractivity contribution in [1.82, 2.24) is 20.0 Å². The molecule has 1 aliphatic heterocycles.